The molecule has 0 saturated heterocycles. The topological polar surface area (TPSA) is 104 Å². The van der Waals surface area contributed by atoms with Gasteiger partial charge < -0.3 is 10.1 Å². The minimum absolute atomic E-state index is 0.103. The highest BCUT2D eigenvalue weighted by Crippen LogP contribution is 2.26. The quantitative estimate of drug-likeness (QED) is 0.618. The Hall–Kier alpha value is -2.06. The molecule has 2 rings (SSSR count). The Morgan fingerprint density at radius 1 is 1.20 bits per heavy atom. The van der Waals surface area contributed by atoms with E-state index in [-0.39, 0.29) is 5.95 Å². The van der Waals surface area contributed by atoms with E-state index in [1.54, 1.807) is 19.9 Å². The number of hydrogen-bond acceptors (Lipinski definition) is 6. The van der Waals surface area contributed by atoms with Gasteiger partial charge >= 0.3 is 11.4 Å². The Bertz CT molecular complexity index is 754. The molecule has 0 aliphatic rings. The molecule has 0 bridgehead atoms. The molecule has 0 saturated carbocycles. The fourth-order valence-electron chi connectivity index (χ4n) is 1.52. The van der Waals surface area contributed by atoms with Crippen LogP contribution in [0.15, 0.2) is 10.9 Å². The molecule has 0 unspecified atom stereocenters. The largest absolute Gasteiger partial charge is 0.409 e. The number of nitro groups is 1. The molecule has 2 aromatic rings. The summed E-state index contributed by atoms with van der Waals surface area (Å²) >= 11 is 11.3. The predicted molar refractivity (Wildman–Crippen MR) is 71.6 cm³/mol. The van der Waals surface area contributed by atoms with Crippen molar-refractivity contribution in [2.24, 2.45) is 0 Å². The Kier molecular flexibility index (Phi) is 3.69. The first-order chi connectivity index (χ1) is 9.31. The van der Waals surface area contributed by atoms with E-state index >= 15 is 0 Å². The highest BCUT2D eigenvalue weighted by Gasteiger charge is 2.26. The van der Waals surface area contributed by atoms with E-state index in [4.69, 9.17) is 23.2 Å². The molecule has 0 aliphatic heterocycles. The van der Waals surface area contributed by atoms with Gasteiger partial charge in [0.25, 0.3) is 5.95 Å². The molecule has 0 aromatic carbocycles. The van der Waals surface area contributed by atoms with Gasteiger partial charge in [-0.25, -0.2) is 9.97 Å². The van der Waals surface area contributed by atoms with Crippen molar-refractivity contribution in [2.45, 2.75) is 13.8 Å². The van der Waals surface area contributed by atoms with Crippen LogP contribution in [0, 0.1) is 24.0 Å². The van der Waals surface area contributed by atoms with E-state index in [0.717, 1.165) is 0 Å². The summed E-state index contributed by atoms with van der Waals surface area (Å²) in [6, 6.07) is 1.68. The molecule has 8 nitrogen and oxygen atoms in total. The minimum atomic E-state index is -0.840. The van der Waals surface area contributed by atoms with Crippen LogP contribution in [0.2, 0.25) is 10.0 Å². The van der Waals surface area contributed by atoms with Gasteiger partial charge in [0.05, 0.1) is 5.10 Å². The third-order valence-corrected chi connectivity index (χ3v) is 3.10. The molecule has 104 valence electrons. The van der Waals surface area contributed by atoms with Crippen LogP contribution in [0.4, 0.5) is 5.82 Å². The van der Waals surface area contributed by atoms with Gasteiger partial charge in [0.15, 0.2) is 5.02 Å². The summed E-state index contributed by atoms with van der Waals surface area (Å²) < 4.78 is 0.659. The van der Waals surface area contributed by atoms with Gasteiger partial charge in [0, 0.05) is 11.4 Å². The van der Waals surface area contributed by atoms with Gasteiger partial charge in [-0.3, -0.25) is 4.79 Å². The zero-order valence-corrected chi connectivity index (χ0v) is 11.8. The van der Waals surface area contributed by atoms with Crippen LogP contribution >= 0.6 is 23.2 Å². The second-order valence-electron chi connectivity index (χ2n) is 3.88. The molecule has 0 atom stereocenters. The van der Waals surface area contributed by atoms with Crippen molar-refractivity contribution in [3.05, 3.63) is 48.0 Å². The molecule has 0 N–H and O–H groups in total. The Balaban J connectivity index is 2.80. The highest BCUT2D eigenvalue weighted by atomic mass is 35.5. The Morgan fingerprint density at radius 3 is 2.25 bits per heavy atom. The standard InChI is InChI=1S/C10H7Cl2N5O3/c1-4-3-5(2)14-10(13-4)16-9(18)7(12)6(11)8(15-16)17(19)20/h3H,1-2H3. The van der Waals surface area contributed by atoms with Crippen LogP contribution < -0.4 is 5.56 Å². The number of aromatic nitrogens is 4. The second kappa shape index (κ2) is 5.14. The van der Waals surface area contributed by atoms with Crippen LogP contribution in [0.25, 0.3) is 5.95 Å². The number of halogens is 2. The lowest BCUT2D eigenvalue weighted by atomic mass is 10.4. The van der Waals surface area contributed by atoms with Crippen LogP contribution in [-0.2, 0) is 0 Å². The van der Waals surface area contributed by atoms with Crippen molar-refractivity contribution in [3.8, 4) is 5.95 Å². The molecular formula is C10H7Cl2N5O3. The SMILES string of the molecule is Cc1cc(C)nc(-n2nc([N+](=O)[O-])c(Cl)c(Cl)c2=O)n1. The van der Waals surface area contributed by atoms with Gasteiger partial charge in [0.1, 0.15) is 5.02 Å². The maximum atomic E-state index is 12.0. The van der Waals surface area contributed by atoms with Crippen molar-refractivity contribution in [1.82, 2.24) is 19.7 Å². The van der Waals surface area contributed by atoms with E-state index in [9.17, 15) is 14.9 Å². The fourth-order valence-corrected chi connectivity index (χ4v) is 1.88. The molecule has 2 aromatic heterocycles. The van der Waals surface area contributed by atoms with Gasteiger partial charge in [-0.1, -0.05) is 27.9 Å². The van der Waals surface area contributed by atoms with E-state index < -0.39 is 26.3 Å². The van der Waals surface area contributed by atoms with Gasteiger partial charge in [-0.05, 0) is 24.8 Å². The molecule has 0 spiro atoms. The van der Waals surface area contributed by atoms with E-state index in [0.29, 0.717) is 16.1 Å². The second-order valence-corrected chi connectivity index (χ2v) is 4.63. The summed E-state index contributed by atoms with van der Waals surface area (Å²) in [7, 11) is 0. The molecule has 0 radical (unpaired) electrons. The number of aryl methyl sites for hydroxylation is 2. The first-order valence-electron chi connectivity index (χ1n) is 5.26. The maximum absolute atomic E-state index is 12.0. The molecular weight excluding hydrogens is 309 g/mol. The molecule has 0 fully saturated rings. The third-order valence-electron chi connectivity index (χ3n) is 2.30. The van der Waals surface area contributed by atoms with Crippen LogP contribution in [0.5, 0.6) is 0 Å². The monoisotopic (exact) mass is 315 g/mol. The zero-order chi connectivity index (χ0) is 15.0. The highest BCUT2D eigenvalue weighted by molar-refractivity contribution is 6.43. The minimum Gasteiger partial charge on any atom is -0.358 e. The number of hydrogen-bond donors (Lipinski definition) is 0. The van der Waals surface area contributed by atoms with Gasteiger partial charge in [-0.15, -0.1) is 0 Å². The normalized spacial score (nSPS) is 10.6. The van der Waals surface area contributed by atoms with Crippen molar-refractivity contribution >= 4 is 29.0 Å². The summed E-state index contributed by atoms with van der Waals surface area (Å²) in [5.74, 6) is -0.840. The lowest BCUT2D eigenvalue weighted by Gasteiger charge is -2.03. The zero-order valence-electron chi connectivity index (χ0n) is 10.3. The fraction of sp³-hybridized carbons (Fsp3) is 0.200. The summed E-state index contributed by atoms with van der Waals surface area (Å²) in [6.07, 6.45) is 0. The molecule has 0 amide bonds. The summed E-state index contributed by atoms with van der Waals surface area (Å²) in [6.45, 7) is 3.38. The first kappa shape index (κ1) is 14.4. The van der Waals surface area contributed by atoms with Crippen LogP contribution in [0.3, 0.4) is 0 Å². The van der Waals surface area contributed by atoms with Gasteiger partial charge in [-0.2, -0.15) is 0 Å². The van der Waals surface area contributed by atoms with Crippen LogP contribution in [-0.4, -0.2) is 24.7 Å². The number of nitrogens with zero attached hydrogens (tertiary/aromatic N) is 5. The van der Waals surface area contributed by atoms with Crippen molar-refractivity contribution < 1.29 is 4.92 Å². The summed E-state index contributed by atoms with van der Waals surface area (Å²) in [4.78, 5) is 30.0. The van der Waals surface area contributed by atoms with Crippen molar-refractivity contribution in [2.75, 3.05) is 0 Å². The Morgan fingerprint density at radius 2 is 1.75 bits per heavy atom. The average Bonchev–Trinajstić information content (AvgIpc) is 2.34. The van der Waals surface area contributed by atoms with E-state index in [1.165, 1.54) is 0 Å². The molecule has 10 heteroatoms. The van der Waals surface area contributed by atoms with Crippen molar-refractivity contribution in [1.29, 1.82) is 0 Å². The van der Waals surface area contributed by atoms with E-state index in [1.807, 2.05) is 0 Å². The van der Waals surface area contributed by atoms with Crippen molar-refractivity contribution in [3.63, 3.8) is 0 Å². The number of rotatable bonds is 2. The third kappa shape index (κ3) is 2.47. The van der Waals surface area contributed by atoms with Crippen LogP contribution in [0.1, 0.15) is 11.4 Å². The maximum Gasteiger partial charge on any atom is 0.409 e. The molecule has 0 aliphatic carbocycles. The smallest absolute Gasteiger partial charge is 0.358 e. The average molecular weight is 316 g/mol. The molecule has 20 heavy (non-hydrogen) atoms. The lowest BCUT2D eigenvalue weighted by Crippen LogP contribution is -2.25. The lowest BCUT2D eigenvalue weighted by molar-refractivity contribution is -0.390. The summed E-state index contributed by atoms with van der Waals surface area (Å²) in [5, 5.41) is 13.4. The summed E-state index contributed by atoms with van der Waals surface area (Å²) in [5.41, 5.74) is 0.331. The van der Waals surface area contributed by atoms with Gasteiger partial charge in [0.2, 0.25) is 0 Å². The first-order valence-corrected chi connectivity index (χ1v) is 6.02. The Labute approximate surface area is 122 Å². The van der Waals surface area contributed by atoms with E-state index in [2.05, 4.69) is 15.1 Å². The molecule has 2 heterocycles. The predicted octanol–water partition coefficient (Wildman–Crippen LogP) is 1.85.